The molecule has 0 aliphatic carbocycles. The molecule has 11 nitrogen and oxygen atoms in total. The molecule has 6 N–H and O–H groups in total. The lowest BCUT2D eigenvalue weighted by Gasteiger charge is -2.40. The van der Waals surface area contributed by atoms with Gasteiger partial charge in [-0.2, -0.15) is 13.2 Å². The van der Waals surface area contributed by atoms with E-state index in [4.69, 9.17) is 9.47 Å². The quantitative estimate of drug-likeness (QED) is 0.317. The van der Waals surface area contributed by atoms with Gasteiger partial charge in [0.25, 0.3) is 0 Å². The highest BCUT2D eigenvalue weighted by Crippen LogP contribution is 2.26. The molecule has 0 saturated carbocycles. The van der Waals surface area contributed by atoms with Crippen LogP contribution >= 0.6 is 0 Å². The van der Waals surface area contributed by atoms with Crippen molar-refractivity contribution in [2.75, 3.05) is 18.9 Å². The standard InChI is InChI=1S/C15H20F3N3O8S/c1-19-14(25)21-7-2-4-8(5-3-7)28-13-12(24)11(23)10(22)9(29-13)6-20-30(26,27)15(16,17)18/h2-5,9-13,20,22-24H,6H2,1H3,(H2,19,21,25)/t9-,10-,11+,12+,13+/m1/s1. The zero-order chi connectivity index (χ0) is 22.7. The maximum atomic E-state index is 12.4. The minimum absolute atomic E-state index is 0.0831. The highest BCUT2D eigenvalue weighted by atomic mass is 32.2. The molecule has 1 saturated heterocycles. The summed E-state index contributed by atoms with van der Waals surface area (Å²) in [6.07, 6.45) is -8.87. The molecular weight excluding hydrogens is 439 g/mol. The third-order valence-corrected chi connectivity index (χ3v) is 5.20. The molecule has 0 bridgehead atoms. The normalized spacial score (nSPS) is 27.4. The largest absolute Gasteiger partial charge is 0.511 e. The Morgan fingerprint density at radius 2 is 1.73 bits per heavy atom. The zero-order valence-electron chi connectivity index (χ0n) is 15.3. The molecule has 1 aliphatic rings. The van der Waals surface area contributed by atoms with Crippen LogP contribution in [0.15, 0.2) is 24.3 Å². The van der Waals surface area contributed by atoms with Crippen LogP contribution in [0.25, 0.3) is 0 Å². The van der Waals surface area contributed by atoms with E-state index in [0.717, 1.165) is 0 Å². The van der Waals surface area contributed by atoms with Crippen molar-refractivity contribution in [1.29, 1.82) is 0 Å². The van der Waals surface area contributed by atoms with E-state index in [-0.39, 0.29) is 5.75 Å². The minimum Gasteiger partial charge on any atom is -0.462 e. The van der Waals surface area contributed by atoms with Gasteiger partial charge in [0.2, 0.25) is 6.29 Å². The maximum Gasteiger partial charge on any atom is 0.511 e. The topological polar surface area (TPSA) is 166 Å². The zero-order valence-corrected chi connectivity index (χ0v) is 16.1. The summed E-state index contributed by atoms with van der Waals surface area (Å²) >= 11 is 0. The van der Waals surface area contributed by atoms with E-state index in [1.54, 1.807) is 0 Å². The number of rotatable bonds is 6. The number of aliphatic hydroxyl groups excluding tert-OH is 3. The number of halogens is 3. The Bertz CT molecular complexity index is 837. The number of urea groups is 1. The lowest BCUT2D eigenvalue weighted by Crippen LogP contribution is -2.61. The molecule has 30 heavy (non-hydrogen) atoms. The number of ether oxygens (including phenoxy) is 2. The Morgan fingerprint density at radius 3 is 2.27 bits per heavy atom. The van der Waals surface area contributed by atoms with Crippen LogP contribution < -0.4 is 20.1 Å². The molecule has 15 heteroatoms. The van der Waals surface area contributed by atoms with Gasteiger partial charge in [-0.3, -0.25) is 0 Å². The van der Waals surface area contributed by atoms with E-state index < -0.39 is 58.8 Å². The minimum atomic E-state index is -5.71. The van der Waals surface area contributed by atoms with Crippen LogP contribution in [0, 0.1) is 0 Å². The summed E-state index contributed by atoms with van der Waals surface area (Å²) in [5.41, 5.74) is -5.19. The van der Waals surface area contributed by atoms with Crippen molar-refractivity contribution in [3.05, 3.63) is 24.3 Å². The number of benzene rings is 1. The van der Waals surface area contributed by atoms with Gasteiger partial charge in [0.15, 0.2) is 0 Å². The Morgan fingerprint density at radius 1 is 1.13 bits per heavy atom. The summed E-state index contributed by atoms with van der Waals surface area (Å²) in [5, 5.41) is 34.6. The van der Waals surface area contributed by atoms with E-state index in [0.29, 0.717) is 5.69 Å². The second kappa shape index (κ2) is 9.32. The van der Waals surface area contributed by atoms with Gasteiger partial charge in [0.05, 0.1) is 0 Å². The summed E-state index contributed by atoms with van der Waals surface area (Å²) in [6, 6.07) is 5.11. The van der Waals surface area contributed by atoms with Gasteiger partial charge in [-0.1, -0.05) is 0 Å². The molecule has 170 valence electrons. The SMILES string of the molecule is CNC(=O)Nc1ccc(O[C@H]2O[C@H](CNS(=O)(=O)C(F)(F)F)[C@@H](O)[C@H](O)[C@@H]2O)cc1. The molecule has 1 fully saturated rings. The van der Waals surface area contributed by atoms with Crippen LogP contribution in [-0.2, 0) is 14.8 Å². The second-order valence-corrected chi connectivity index (χ2v) is 7.92. The van der Waals surface area contributed by atoms with Gasteiger partial charge in [0, 0.05) is 19.3 Å². The number of nitrogens with one attached hydrogen (secondary N) is 3. The average molecular weight is 459 g/mol. The van der Waals surface area contributed by atoms with Gasteiger partial charge in [-0.25, -0.2) is 17.9 Å². The molecular formula is C15H20F3N3O8S. The predicted molar refractivity (Wildman–Crippen MR) is 94.8 cm³/mol. The van der Waals surface area contributed by atoms with Crippen molar-refractivity contribution in [3.63, 3.8) is 0 Å². The Hall–Kier alpha value is -2.17. The van der Waals surface area contributed by atoms with E-state index in [1.165, 1.54) is 36.0 Å². The van der Waals surface area contributed by atoms with Crippen LogP contribution in [0.2, 0.25) is 0 Å². The number of hydrogen-bond acceptors (Lipinski definition) is 8. The van der Waals surface area contributed by atoms with Crippen LogP contribution in [0.3, 0.4) is 0 Å². The molecule has 5 atom stereocenters. The third-order valence-electron chi connectivity index (χ3n) is 4.04. The van der Waals surface area contributed by atoms with Crippen LogP contribution in [0.4, 0.5) is 23.7 Å². The first kappa shape index (κ1) is 24.1. The number of anilines is 1. The van der Waals surface area contributed by atoms with Crippen LogP contribution in [0.1, 0.15) is 0 Å². The van der Waals surface area contributed by atoms with Crippen molar-refractivity contribution in [3.8, 4) is 5.75 Å². The number of carbonyl (C=O) groups is 1. The predicted octanol–water partition coefficient (Wildman–Crippen LogP) is -0.936. The Balaban J connectivity index is 2.06. The maximum absolute atomic E-state index is 12.4. The molecule has 1 aromatic rings. The Labute approximate surface area is 168 Å². The summed E-state index contributed by atoms with van der Waals surface area (Å²) < 4.78 is 71.2. The number of aliphatic hydroxyl groups is 3. The molecule has 0 radical (unpaired) electrons. The second-order valence-electron chi connectivity index (χ2n) is 6.16. The summed E-state index contributed by atoms with van der Waals surface area (Å²) in [4.78, 5) is 11.2. The van der Waals surface area contributed by atoms with E-state index in [9.17, 15) is 41.7 Å². The first-order chi connectivity index (χ1) is 13.9. The molecule has 1 aromatic carbocycles. The number of hydrogen-bond donors (Lipinski definition) is 6. The van der Waals surface area contributed by atoms with Gasteiger partial charge in [0.1, 0.15) is 30.2 Å². The van der Waals surface area contributed by atoms with Crippen molar-refractivity contribution >= 4 is 21.7 Å². The number of sulfonamides is 1. The molecule has 1 aliphatic heterocycles. The molecule has 2 amide bonds. The van der Waals surface area contributed by atoms with Gasteiger partial charge >= 0.3 is 21.6 Å². The molecule has 1 heterocycles. The smallest absolute Gasteiger partial charge is 0.462 e. The highest BCUT2D eigenvalue weighted by Gasteiger charge is 2.49. The van der Waals surface area contributed by atoms with Crippen molar-refractivity contribution in [1.82, 2.24) is 10.0 Å². The molecule has 0 spiro atoms. The molecule has 2 rings (SSSR count). The highest BCUT2D eigenvalue weighted by molar-refractivity contribution is 7.90. The molecule has 0 unspecified atom stereocenters. The summed E-state index contributed by atoms with van der Waals surface area (Å²) in [6.45, 7) is -1.04. The summed E-state index contributed by atoms with van der Waals surface area (Å²) in [7, 11) is -4.29. The third kappa shape index (κ3) is 5.71. The fraction of sp³-hybridized carbons (Fsp3) is 0.533. The lowest BCUT2D eigenvalue weighted by molar-refractivity contribution is -0.270. The number of amides is 2. The monoisotopic (exact) mass is 459 g/mol. The van der Waals surface area contributed by atoms with E-state index in [1.807, 2.05) is 0 Å². The van der Waals surface area contributed by atoms with Crippen LogP contribution in [-0.4, -0.2) is 79.6 Å². The Kier molecular flexibility index (Phi) is 7.49. The van der Waals surface area contributed by atoms with Gasteiger partial charge in [-0.15, -0.1) is 0 Å². The molecule has 0 aromatic heterocycles. The lowest BCUT2D eigenvalue weighted by atomic mass is 9.99. The number of alkyl halides is 3. The fourth-order valence-corrected chi connectivity index (χ4v) is 2.95. The average Bonchev–Trinajstić information content (AvgIpc) is 2.67. The first-order valence-corrected chi connectivity index (χ1v) is 9.85. The number of carbonyl (C=O) groups excluding carboxylic acids is 1. The van der Waals surface area contributed by atoms with E-state index in [2.05, 4.69) is 10.6 Å². The van der Waals surface area contributed by atoms with E-state index >= 15 is 0 Å². The summed E-state index contributed by atoms with van der Waals surface area (Å²) in [5.74, 6) is 0.0831. The fourth-order valence-electron chi connectivity index (χ4n) is 2.40. The van der Waals surface area contributed by atoms with Crippen molar-refractivity contribution < 1.29 is 51.2 Å². The van der Waals surface area contributed by atoms with Crippen molar-refractivity contribution in [2.24, 2.45) is 0 Å². The van der Waals surface area contributed by atoms with Gasteiger partial charge < -0.3 is 35.4 Å². The van der Waals surface area contributed by atoms with Crippen molar-refractivity contribution in [2.45, 2.75) is 36.2 Å². The van der Waals surface area contributed by atoms with Crippen LogP contribution in [0.5, 0.6) is 5.75 Å². The first-order valence-electron chi connectivity index (χ1n) is 8.36. The van der Waals surface area contributed by atoms with Gasteiger partial charge in [-0.05, 0) is 24.3 Å².